The highest BCUT2D eigenvalue weighted by molar-refractivity contribution is 5.19. The second-order valence-corrected chi connectivity index (χ2v) is 4.02. The summed E-state index contributed by atoms with van der Waals surface area (Å²) in [6, 6.07) is 1.30. The Labute approximate surface area is 79.1 Å². The molecule has 72 valence electrons. The summed E-state index contributed by atoms with van der Waals surface area (Å²) in [6.45, 7) is 4.33. The first kappa shape index (κ1) is 8.75. The zero-order valence-corrected chi connectivity index (χ0v) is 8.54. The highest BCUT2D eigenvalue weighted by Gasteiger charge is 2.30. The van der Waals surface area contributed by atoms with Crippen molar-refractivity contribution in [2.75, 3.05) is 7.05 Å². The molecule has 1 saturated carbocycles. The summed E-state index contributed by atoms with van der Waals surface area (Å²) in [5.74, 6) is 0. The summed E-state index contributed by atoms with van der Waals surface area (Å²) in [7, 11) is 2.20. The molecular weight excluding hydrogens is 162 g/mol. The van der Waals surface area contributed by atoms with Crippen LogP contribution in [0.2, 0.25) is 0 Å². The Balaban J connectivity index is 2.11. The summed E-state index contributed by atoms with van der Waals surface area (Å²) < 4.78 is 0. The van der Waals surface area contributed by atoms with Crippen molar-refractivity contribution in [3.8, 4) is 0 Å². The number of hydrogen-bond acceptors (Lipinski definition) is 2. The van der Waals surface area contributed by atoms with E-state index in [0.717, 1.165) is 6.04 Å². The topological polar surface area (TPSA) is 31.9 Å². The van der Waals surface area contributed by atoms with Gasteiger partial charge in [0.2, 0.25) is 0 Å². The lowest BCUT2D eigenvalue weighted by molar-refractivity contribution is 0.250. The van der Waals surface area contributed by atoms with E-state index in [4.69, 9.17) is 0 Å². The first-order valence-electron chi connectivity index (χ1n) is 4.92. The highest BCUT2D eigenvalue weighted by Crippen LogP contribution is 2.32. The summed E-state index contributed by atoms with van der Waals surface area (Å²) >= 11 is 0. The highest BCUT2D eigenvalue weighted by atomic mass is 15.2. The number of hydrogen-bond donors (Lipinski definition) is 1. The van der Waals surface area contributed by atoms with Crippen molar-refractivity contribution in [2.45, 2.75) is 38.8 Å². The fraction of sp³-hybridized carbons (Fsp3) is 0.700. The van der Waals surface area contributed by atoms with Crippen molar-refractivity contribution in [2.24, 2.45) is 0 Å². The van der Waals surface area contributed by atoms with Crippen molar-refractivity contribution >= 4 is 0 Å². The molecule has 0 spiro atoms. The number of nitrogens with one attached hydrogen (secondary N) is 1. The fourth-order valence-corrected chi connectivity index (χ4v) is 1.80. The Bertz CT molecular complexity index is 288. The summed E-state index contributed by atoms with van der Waals surface area (Å²) in [5.41, 5.74) is 2.52. The van der Waals surface area contributed by atoms with E-state index in [1.54, 1.807) is 0 Å². The lowest BCUT2D eigenvalue weighted by atomic mass is 10.1. The second-order valence-electron chi connectivity index (χ2n) is 4.02. The molecule has 1 fully saturated rings. The van der Waals surface area contributed by atoms with Crippen molar-refractivity contribution in [3.05, 3.63) is 17.5 Å². The average molecular weight is 179 g/mol. The van der Waals surface area contributed by atoms with Crippen LogP contribution in [0.25, 0.3) is 0 Å². The molecule has 13 heavy (non-hydrogen) atoms. The van der Waals surface area contributed by atoms with E-state index in [1.165, 1.54) is 24.1 Å². The molecule has 1 aliphatic carbocycles. The maximum Gasteiger partial charge on any atom is 0.0537 e. The Morgan fingerprint density at radius 3 is 2.77 bits per heavy atom. The van der Waals surface area contributed by atoms with Gasteiger partial charge in [-0.1, -0.05) is 0 Å². The van der Waals surface area contributed by atoms with Crippen LogP contribution in [-0.2, 0) is 0 Å². The van der Waals surface area contributed by atoms with Gasteiger partial charge in [-0.05, 0) is 33.7 Å². The summed E-state index contributed by atoms with van der Waals surface area (Å²) in [6.07, 6.45) is 4.66. The smallest absolute Gasteiger partial charge is 0.0537 e. The van der Waals surface area contributed by atoms with Gasteiger partial charge in [0.15, 0.2) is 0 Å². The molecule has 2 rings (SSSR count). The van der Waals surface area contributed by atoms with Crippen molar-refractivity contribution in [3.63, 3.8) is 0 Å². The molecule has 0 aromatic carbocycles. The molecule has 1 aromatic heterocycles. The molecule has 1 unspecified atom stereocenters. The van der Waals surface area contributed by atoms with Crippen LogP contribution in [0.3, 0.4) is 0 Å². The molecule has 0 amide bonds. The first-order valence-corrected chi connectivity index (χ1v) is 4.92. The van der Waals surface area contributed by atoms with Crippen molar-refractivity contribution in [1.82, 2.24) is 15.1 Å². The number of aryl methyl sites for hydroxylation is 1. The lowest BCUT2D eigenvalue weighted by Gasteiger charge is -2.23. The van der Waals surface area contributed by atoms with Crippen LogP contribution in [0.1, 0.15) is 37.1 Å². The first-order chi connectivity index (χ1) is 6.20. The van der Waals surface area contributed by atoms with Gasteiger partial charge in [-0.15, -0.1) is 0 Å². The third-order valence-electron chi connectivity index (χ3n) is 3.05. The van der Waals surface area contributed by atoms with E-state index in [9.17, 15) is 0 Å². The molecule has 3 heteroatoms. The molecule has 1 heterocycles. The molecule has 0 bridgehead atoms. The summed E-state index contributed by atoms with van der Waals surface area (Å²) in [4.78, 5) is 2.44. The molecule has 0 aliphatic heterocycles. The largest absolute Gasteiger partial charge is 0.297 e. The Morgan fingerprint density at radius 2 is 2.31 bits per heavy atom. The van der Waals surface area contributed by atoms with E-state index in [-0.39, 0.29) is 0 Å². The molecule has 0 radical (unpaired) electrons. The minimum absolute atomic E-state index is 0.492. The maximum absolute atomic E-state index is 4.05. The van der Waals surface area contributed by atoms with Gasteiger partial charge in [0, 0.05) is 23.3 Å². The molecule has 1 N–H and O–H groups in total. The third kappa shape index (κ3) is 1.61. The second kappa shape index (κ2) is 3.14. The fourth-order valence-electron chi connectivity index (χ4n) is 1.80. The predicted octanol–water partition coefficient (Wildman–Crippen LogP) is 1.87. The lowest BCUT2D eigenvalue weighted by Crippen LogP contribution is -2.24. The molecule has 1 aliphatic rings. The van der Waals surface area contributed by atoms with E-state index in [0.29, 0.717) is 6.04 Å². The molecule has 1 atom stereocenters. The van der Waals surface area contributed by atoms with Crippen LogP contribution in [0.4, 0.5) is 0 Å². The number of nitrogens with zero attached hydrogens (tertiary/aromatic N) is 2. The normalized spacial score (nSPS) is 19.4. The molecular formula is C10H17N3. The van der Waals surface area contributed by atoms with Crippen molar-refractivity contribution in [1.29, 1.82) is 0 Å². The standard InChI is InChI=1S/C10H17N3/c1-7-10(6-11-12-7)8(2)13(3)9-4-5-9/h6,8-9H,4-5H2,1-3H3,(H,11,12). The van der Waals surface area contributed by atoms with Crippen LogP contribution >= 0.6 is 0 Å². The van der Waals surface area contributed by atoms with Gasteiger partial charge in [-0.3, -0.25) is 10.00 Å². The van der Waals surface area contributed by atoms with Gasteiger partial charge in [0.05, 0.1) is 6.20 Å². The monoisotopic (exact) mass is 179 g/mol. The Hall–Kier alpha value is -0.830. The van der Waals surface area contributed by atoms with Gasteiger partial charge in [0.1, 0.15) is 0 Å². The van der Waals surface area contributed by atoms with Gasteiger partial charge < -0.3 is 0 Å². The van der Waals surface area contributed by atoms with Gasteiger partial charge in [0.25, 0.3) is 0 Å². The number of rotatable bonds is 3. The van der Waals surface area contributed by atoms with Crippen molar-refractivity contribution < 1.29 is 0 Å². The van der Waals surface area contributed by atoms with E-state index >= 15 is 0 Å². The molecule has 1 aromatic rings. The van der Waals surface area contributed by atoms with E-state index in [1.807, 2.05) is 6.20 Å². The number of H-pyrrole nitrogens is 1. The SMILES string of the molecule is Cc1[nH]ncc1C(C)N(C)C1CC1. The average Bonchev–Trinajstić information content (AvgIpc) is 2.87. The minimum Gasteiger partial charge on any atom is -0.297 e. The molecule has 3 nitrogen and oxygen atoms in total. The van der Waals surface area contributed by atoms with E-state index < -0.39 is 0 Å². The van der Waals surface area contributed by atoms with Crippen LogP contribution in [0.5, 0.6) is 0 Å². The van der Waals surface area contributed by atoms with Gasteiger partial charge in [-0.2, -0.15) is 5.10 Å². The predicted molar refractivity (Wildman–Crippen MR) is 52.5 cm³/mol. The Morgan fingerprint density at radius 1 is 1.62 bits per heavy atom. The maximum atomic E-state index is 4.05. The zero-order chi connectivity index (χ0) is 9.42. The third-order valence-corrected chi connectivity index (χ3v) is 3.05. The Kier molecular flexibility index (Phi) is 2.12. The number of aromatic amines is 1. The minimum atomic E-state index is 0.492. The van der Waals surface area contributed by atoms with Crippen LogP contribution < -0.4 is 0 Å². The quantitative estimate of drug-likeness (QED) is 0.768. The zero-order valence-electron chi connectivity index (χ0n) is 8.54. The van der Waals surface area contributed by atoms with Crippen LogP contribution in [0, 0.1) is 6.92 Å². The van der Waals surface area contributed by atoms with Crippen LogP contribution in [-0.4, -0.2) is 28.2 Å². The molecule has 0 saturated heterocycles. The van der Waals surface area contributed by atoms with Gasteiger partial charge >= 0.3 is 0 Å². The number of aromatic nitrogens is 2. The van der Waals surface area contributed by atoms with E-state index in [2.05, 4.69) is 36.0 Å². The van der Waals surface area contributed by atoms with Gasteiger partial charge in [-0.25, -0.2) is 0 Å². The van der Waals surface area contributed by atoms with Crippen LogP contribution in [0.15, 0.2) is 6.20 Å². The summed E-state index contributed by atoms with van der Waals surface area (Å²) in [5, 5.41) is 7.04.